The number of carbonyl (C=O) groups is 1. The van der Waals surface area contributed by atoms with Gasteiger partial charge in [0.2, 0.25) is 0 Å². The predicted octanol–water partition coefficient (Wildman–Crippen LogP) is 3.10. The Kier molecular flexibility index (Phi) is 3.78. The summed E-state index contributed by atoms with van der Waals surface area (Å²) in [5, 5.41) is 9.29. The molecule has 1 saturated heterocycles. The molecule has 0 spiro atoms. The maximum atomic E-state index is 11.3. The zero-order valence-electron chi connectivity index (χ0n) is 11.9. The minimum atomic E-state index is -0.897. The van der Waals surface area contributed by atoms with Crippen molar-refractivity contribution in [3.63, 3.8) is 0 Å². The van der Waals surface area contributed by atoms with E-state index >= 15 is 0 Å². The van der Waals surface area contributed by atoms with Crippen molar-refractivity contribution in [1.29, 1.82) is 0 Å². The van der Waals surface area contributed by atoms with Gasteiger partial charge in [0.1, 0.15) is 5.56 Å². The van der Waals surface area contributed by atoms with Crippen LogP contribution in [0.2, 0.25) is 0 Å². The molecular formula is C15H22N2O2. The lowest BCUT2D eigenvalue weighted by molar-refractivity contribution is 0.0697. The summed E-state index contributed by atoms with van der Waals surface area (Å²) in [7, 11) is 0. The maximum Gasteiger partial charge on any atom is 0.339 e. The lowest BCUT2D eigenvalue weighted by Crippen LogP contribution is -2.27. The summed E-state index contributed by atoms with van der Waals surface area (Å²) in [5.41, 5.74) is 2.34. The Labute approximate surface area is 114 Å². The van der Waals surface area contributed by atoms with Gasteiger partial charge in [-0.1, -0.05) is 13.8 Å². The van der Waals surface area contributed by atoms with Crippen molar-refractivity contribution >= 4 is 11.7 Å². The largest absolute Gasteiger partial charge is 0.478 e. The van der Waals surface area contributed by atoms with Crippen molar-refractivity contribution in [3.8, 4) is 0 Å². The van der Waals surface area contributed by atoms with Crippen LogP contribution in [0.25, 0.3) is 0 Å². The van der Waals surface area contributed by atoms with Crippen molar-refractivity contribution in [2.45, 2.75) is 40.0 Å². The van der Waals surface area contributed by atoms with Gasteiger partial charge in [-0.3, -0.25) is 4.98 Å². The molecule has 0 unspecified atom stereocenters. The van der Waals surface area contributed by atoms with Crippen LogP contribution >= 0.6 is 0 Å². The maximum absolute atomic E-state index is 11.3. The Hall–Kier alpha value is -1.58. The molecular weight excluding hydrogens is 240 g/mol. The smallest absolute Gasteiger partial charge is 0.339 e. The SMILES string of the molecule is Cc1cc(N2CCCC(C)(C)CC2)c(C(=O)O)cn1. The van der Waals surface area contributed by atoms with Crippen molar-refractivity contribution in [2.24, 2.45) is 5.41 Å². The molecule has 19 heavy (non-hydrogen) atoms. The summed E-state index contributed by atoms with van der Waals surface area (Å²) >= 11 is 0. The van der Waals surface area contributed by atoms with Gasteiger partial charge in [0.25, 0.3) is 0 Å². The van der Waals surface area contributed by atoms with Crippen LogP contribution in [-0.4, -0.2) is 29.1 Å². The van der Waals surface area contributed by atoms with Crippen LogP contribution in [0.4, 0.5) is 5.69 Å². The molecule has 0 aromatic carbocycles. The number of aromatic carboxylic acids is 1. The first kappa shape index (κ1) is 13.8. The fraction of sp³-hybridized carbons (Fsp3) is 0.600. The summed E-state index contributed by atoms with van der Waals surface area (Å²) in [5.74, 6) is -0.897. The fourth-order valence-electron chi connectivity index (χ4n) is 2.64. The number of nitrogens with zero attached hydrogens (tertiary/aromatic N) is 2. The molecule has 1 aliphatic rings. The summed E-state index contributed by atoms with van der Waals surface area (Å²) in [6.45, 7) is 8.31. The lowest BCUT2D eigenvalue weighted by Gasteiger charge is -2.26. The van der Waals surface area contributed by atoms with Crippen LogP contribution in [-0.2, 0) is 0 Å². The molecule has 2 heterocycles. The highest BCUT2D eigenvalue weighted by Gasteiger charge is 2.25. The van der Waals surface area contributed by atoms with Gasteiger partial charge in [-0.2, -0.15) is 0 Å². The van der Waals surface area contributed by atoms with E-state index in [1.807, 2.05) is 13.0 Å². The van der Waals surface area contributed by atoms with Gasteiger partial charge in [-0.25, -0.2) is 4.79 Å². The average Bonchev–Trinajstić information content (AvgIpc) is 2.49. The highest BCUT2D eigenvalue weighted by Crippen LogP contribution is 2.32. The molecule has 0 saturated carbocycles. The van der Waals surface area contributed by atoms with Crippen molar-refractivity contribution in [3.05, 3.63) is 23.5 Å². The van der Waals surface area contributed by atoms with Crippen molar-refractivity contribution in [1.82, 2.24) is 4.98 Å². The number of aryl methyl sites for hydroxylation is 1. The average molecular weight is 262 g/mol. The normalized spacial score (nSPS) is 19.0. The zero-order chi connectivity index (χ0) is 14.0. The van der Waals surface area contributed by atoms with Gasteiger partial charge in [-0.05, 0) is 37.7 Å². The van der Waals surface area contributed by atoms with Crippen LogP contribution in [0.3, 0.4) is 0 Å². The first-order valence-electron chi connectivity index (χ1n) is 6.84. The molecule has 4 nitrogen and oxygen atoms in total. The molecule has 0 aliphatic carbocycles. The van der Waals surface area contributed by atoms with Gasteiger partial charge in [0.05, 0.1) is 5.69 Å². The van der Waals surface area contributed by atoms with Crippen LogP contribution in [0.1, 0.15) is 49.2 Å². The summed E-state index contributed by atoms with van der Waals surface area (Å²) in [6.07, 6.45) is 4.86. The molecule has 0 bridgehead atoms. The summed E-state index contributed by atoms with van der Waals surface area (Å²) < 4.78 is 0. The molecule has 0 amide bonds. The van der Waals surface area contributed by atoms with E-state index in [-0.39, 0.29) is 0 Å². The fourth-order valence-corrected chi connectivity index (χ4v) is 2.64. The number of rotatable bonds is 2. The summed E-state index contributed by atoms with van der Waals surface area (Å²) in [4.78, 5) is 17.6. The van der Waals surface area contributed by atoms with E-state index < -0.39 is 5.97 Å². The van der Waals surface area contributed by atoms with Crippen molar-refractivity contribution in [2.75, 3.05) is 18.0 Å². The van der Waals surface area contributed by atoms with E-state index in [2.05, 4.69) is 23.7 Å². The molecule has 1 aliphatic heterocycles. The van der Waals surface area contributed by atoms with E-state index in [0.29, 0.717) is 11.0 Å². The Bertz CT molecular complexity index is 483. The minimum Gasteiger partial charge on any atom is -0.478 e. The Morgan fingerprint density at radius 2 is 2.11 bits per heavy atom. The number of pyridine rings is 1. The number of carboxylic acids is 1. The second kappa shape index (κ2) is 5.19. The highest BCUT2D eigenvalue weighted by atomic mass is 16.4. The third-order valence-electron chi connectivity index (χ3n) is 3.93. The van der Waals surface area contributed by atoms with Crippen molar-refractivity contribution < 1.29 is 9.90 Å². The van der Waals surface area contributed by atoms with E-state index in [0.717, 1.165) is 37.3 Å². The standard InChI is InChI=1S/C15H22N2O2/c1-11-9-13(12(10-16-11)14(18)19)17-7-4-5-15(2,3)6-8-17/h9-10H,4-8H2,1-3H3,(H,18,19). The molecule has 0 atom stereocenters. The number of carboxylic acid groups (broad SMARTS) is 1. The van der Waals surface area contributed by atoms with Crippen LogP contribution in [0.15, 0.2) is 12.3 Å². The molecule has 104 valence electrons. The van der Waals surface area contributed by atoms with E-state index in [1.54, 1.807) is 0 Å². The van der Waals surface area contributed by atoms with E-state index in [9.17, 15) is 9.90 Å². The first-order valence-corrected chi connectivity index (χ1v) is 6.84. The Morgan fingerprint density at radius 1 is 1.37 bits per heavy atom. The van der Waals surface area contributed by atoms with Gasteiger partial charge >= 0.3 is 5.97 Å². The monoisotopic (exact) mass is 262 g/mol. The van der Waals surface area contributed by atoms with Gasteiger partial charge in [0.15, 0.2) is 0 Å². The third-order valence-corrected chi connectivity index (χ3v) is 3.93. The number of hydrogen-bond acceptors (Lipinski definition) is 3. The van der Waals surface area contributed by atoms with E-state index in [1.165, 1.54) is 12.6 Å². The molecule has 4 heteroatoms. The molecule has 1 fully saturated rings. The minimum absolute atomic E-state index is 0.310. The number of aromatic nitrogens is 1. The highest BCUT2D eigenvalue weighted by molar-refractivity contribution is 5.94. The first-order chi connectivity index (χ1) is 8.89. The molecule has 1 N–H and O–H groups in total. The van der Waals surface area contributed by atoms with Gasteiger partial charge in [-0.15, -0.1) is 0 Å². The zero-order valence-corrected chi connectivity index (χ0v) is 11.9. The van der Waals surface area contributed by atoms with E-state index in [4.69, 9.17) is 0 Å². The van der Waals surface area contributed by atoms with Crippen LogP contribution in [0, 0.1) is 12.3 Å². The van der Waals surface area contributed by atoms with Crippen LogP contribution in [0.5, 0.6) is 0 Å². The number of hydrogen-bond donors (Lipinski definition) is 1. The molecule has 0 radical (unpaired) electrons. The van der Waals surface area contributed by atoms with Gasteiger partial charge < -0.3 is 10.0 Å². The topological polar surface area (TPSA) is 53.4 Å². The molecule has 2 rings (SSSR count). The second-order valence-corrected chi connectivity index (χ2v) is 6.15. The predicted molar refractivity (Wildman–Crippen MR) is 75.8 cm³/mol. The Morgan fingerprint density at radius 3 is 2.79 bits per heavy atom. The second-order valence-electron chi connectivity index (χ2n) is 6.15. The quantitative estimate of drug-likeness (QED) is 0.889. The van der Waals surface area contributed by atoms with Gasteiger partial charge in [0, 0.05) is 25.0 Å². The third kappa shape index (κ3) is 3.25. The summed E-state index contributed by atoms with van der Waals surface area (Å²) in [6, 6.07) is 1.89. The number of anilines is 1. The molecule has 1 aromatic rings. The Balaban J connectivity index is 2.30. The molecule has 1 aromatic heterocycles. The lowest BCUT2D eigenvalue weighted by atomic mass is 9.85. The van der Waals surface area contributed by atoms with Crippen LogP contribution < -0.4 is 4.90 Å².